The van der Waals surface area contributed by atoms with Crippen LogP contribution in [0.25, 0.3) is 0 Å². The van der Waals surface area contributed by atoms with Crippen LogP contribution in [-0.2, 0) is 23.9 Å². The van der Waals surface area contributed by atoms with E-state index in [0.29, 0.717) is 25.7 Å². The van der Waals surface area contributed by atoms with E-state index in [0.717, 1.165) is 4.90 Å². The molecule has 28 heavy (non-hydrogen) atoms. The molecule has 10 heteroatoms. The third kappa shape index (κ3) is 7.69. The van der Waals surface area contributed by atoms with Crippen LogP contribution in [0.4, 0.5) is 9.18 Å². The van der Waals surface area contributed by atoms with Gasteiger partial charge in [-0.3, -0.25) is 19.3 Å². The van der Waals surface area contributed by atoms with Crippen molar-refractivity contribution in [3.63, 3.8) is 0 Å². The minimum atomic E-state index is -1.19. The third-order valence-electron chi connectivity index (χ3n) is 4.40. The topological polar surface area (TPSA) is 128 Å². The number of rotatable bonds is 7. The molecule has 0 aliphatic heterocycles. The first-order valence-electron chi connectivity index (χ1n) is 9.21. The summed E-state index contributed by atoms with van der Waals surface area (Å²) < 4.78 is 21.8. The van der Waals surface area contributed by atoms with Crippen LogP contribution in [0.5, 0.6) is 0 Å². The molecule has 0 aromatic rings. The zero-order valence-electron chi connectivity index (χ0n) is 16.8. The minimum Gasteiger partial charge on any atom is -0.444 e. The Morgan fingerprint density at radius 2 is 1.89 bits per heavy atom. The lowest BCUT2D eigenvalue weighted by atomic mass is 9.85. The maximum absolute atomic E-state index is 12.7. The number of halogens is 1. The highest BCUT2D eigenvalue weighted by molar-refractivity contribution is 5.90. The van der Waals surface area contributed by atoms with Gasteiger partial charge in [-0.25, -0.2) is 9.18 Å². The summed E-state index contributed by atoms with van der Waals surface area (Å²) in [5.74, 6) is -2.46. The van der Waals surface area contributed by atoms with Gasteiger partial charge in [-0.05, 0) is 40.0 Å². The lowest BCUT2D eigenvalue weighted by Gasteiger charge is -2.32. The van der Waals surface area contributed by atoms with E-state index >= 15 is 0 Å². The minimum absolute atomic E-state index is 0.296. The second-order valence-corrected chi connectivity index (χ2v) is 7.92. The summed E-state index contributed by atoms with van der Waals surface area (Å²) in [6.45, 7) is 3.86. The Bertz CT molecular complexity index is 592. The maximum atomic E-state index is 12.7. The number of primary amides is 1. The number of carbonyl (C=O) groups excluding carboxylic acids is 4. The molecule has 0 heterocycles. The number of ether oxygens (including phenoxy) is 2. The lowest BCUT2D eigenvalue weighted by molar-refractivity contribution is -0.154. The van der Waals surface area contributed by atoms with Crippen molar-refractivity contribution in [3.05, 3.63) is 0 Å². The number of hydrogen-bond acceptors (Lipinski definition) is 6. The standard InChI is InChI=1S/C18H30FN3O6/c1-18(2,3)28-17(26)22(4)13(9-14(20)23)15(24)21-12-7-5-6-11(8-12)16(25)27-10-19/h11-13H,5-10H2,1-4H3,(H2,20,23)(H,21,24)/t11-,12+,13-/m0/s1. The fourth-order valence-electron chi connectivity index (χ4n) is 3.06. The molecule has 0 spiro atoms. The smallest absolute Gasteiger partial charge is 0.410 e. The summed E-state index contributed by atoms with van der Waals surface area (Å²) >= 11 is 0. The number of amides is 3. The van der Waals surface area contributed by atoms with Crippen LogP contribution in [0.3, 0.4) is 0 Å². The van der Waals surface area contributed by atoms with Crippen molar-refractivity contribution in [1.82, 2.24) is 10.2 Å². The van der Waals surface area contributed by atoms with Crippen molar-refractivity contribution >= 4 is 23.9 Å². The van der Waals surface area contributed by atoms with E-state index < -0.39 is 48.3 Å². The predicted molar refractivity (Wildman–Crippen MR) is 97.6 cm³/mol. The monoisotopic (exact) mass is 403 g/mol. The molecular formula is C18H30FN3O6. The fourth-order valence-corrected chi connectivity index (χ4v) is 3.06. The van der Waals surface area contributed by atoms with Crippen LogP contribution < -0.4 is 11.1 Å². The van der Waals surface area contributed by atoms with E-state index in [9.17, 15) is 23.6 Å². The number of carbonyl (C=O) groups is 4. The van der Waals surface area contributed by atoms with Crippen molar-refractivity contribution in [3.8, 4) is 0 Å². The Kier molecular flexibility index (Phi) is 8.64. The first-order valence-corrected chi connectivity index (χ1v) is 9.21. The SMILES string of the molecule is CN(C(=O)OC(C)(C)C)[C@@H](CC(N)=O)C(=O)N[C@@H]1CCC[C@H](C(=O)OCF)C1. The molecule has 1 fully saturated rings. The maximum Gasteiger partial charge on any atom is 0.410 e. The van der Waals surface area contributed by atoms with Crippen LogP contribution in [0.15, 0.2) is 0 Å². The summed E-state index contributed by atoms with van der Waals surface area (Å²) in [7, 11) is 1.35. The van der Waals surface area contributed by atoms with Crippen LogP contribution in [0, 0.1) is 5.92 Å². The highest BCUT2D eigenvalue weighted by Gasteiger charge is 2.35. The summed E-state index contributed by atoms with van der Waals surface area (Å²) in [5, 5.41) is 2.75. The molecule has 3 N–H and O–H groups in total. The fraction of sp³-hybridized carbons (Fsp3) is 0.778. The quantitative estimate of drug-likeness (QED) is 0.616. The Hall–Kier alpha value is -2.39. The van der Waals surface area contributed by atoms with E-state index in [2.05, 4.69) is 10.1 Å². The van der Waals surface area contributed by atoms with Gasteiger partial charge in [-0.1, -0.05) is 6.42 Å². The Morgan fingerprint density at radius 3 is 2.43 bits per heavy atom. The number of esters is 1. The number of nitrogens with two attached hydrogens (primary N) is 1. The van der Waals surface area contributed by atoms with Crippen LogP contribution in [0.2, 0.25) is 0 Å². The number of nitrogens with zero attached hydrogens (tertiary/aromatic N) is 1. The molecule has 0 bridgehead atoms. The number of likely N-dealkylation sites (N-methyl/N-ethyl adjacent to an activating group) is 1. The van der Waals surface area contributed by atoms with Crippen LogP contribution >= 0.6 is 0 Å². The number of alkyl halides is 1. The van der Waals surface area contributed by atoms with Gasteiger partial charge in [0.1, 0.15) is 11.6 Å². The normalized spacial score (nSPS) is 20.6. The largest absolute Gasteiger partial charge is 0.444 e. The predicted octanol–water partition coefficient (Wildman–Crippen LogP) is 1.24. The lowest BCUT2D eigenvalue weighted by Crippen LogP contribution is -2.53. The number of hydrogen-bond donors (Lipinski definition) is 2. The first kappa shape index (κ1) is 23.6. The van der Waals surface area contributed by atoms with Crippen molar-refractivity contribution in [1.29, 1.82) is 0 Å². The second-order valence-electron chi connectivity index (χ2n) is 7.92. The van der Waals surface area contributed by atoms with Crippen molar-refractivity contribution in [2.75, 3.05) is 13.9 Å². The van der Waals surface area contributed by atoms with Gasteiger partial charge < -0.3 is 20.5 Å². The van der Waals surface area contributed by atoms with Crippen molar-refractivity contribution in [2.45, 2.75) is 70.6 Å². The molecule has 0 unspecified atom stereocenters. The van der Waals surface area contributed by atoms with E-state index in [1.165, 1.54) is 7.05 Å². The van der Waals surface area contributed by atoms with E-state index in [4.69, 9.17) is 10.5 Å². The molecular weight excluding hydrogens is 373 g/mol. The summed E-state index contributed by atoms with van der Waals surface area (Å²) in [6.07, 6.45) is 0.977. The summed E-state index contributed by atoms with van der Waals surface area (Å²) in [4.78, 5) is 49.1. The molecule has 1 aliphatic carbocycles. The van der Waals surface area contributed by atoms with Gasteiger partial charge in [-0.15, -0.1) is 0 Å². The first-order chi connectivity index (χ1) is 12.9. The van der Waals surface area contributed by atoms with E-state index in [1.807, 2.05) is 0 Å². The van der Waals surface area contributed by atoms with E-state index in [1.54, 1.807) is 20.8 Å². The molecule has 1 aliphatic rings. The van der Waals surface area contributed by atoms with Gasteiger partial charge in [0.05, 0.1) is 12.3 Å². The molecule has 0 aromatic heterocycles. The van der Waals surface area contributed by atoms with Gasteiger partial charge in [0.2, 0.25) is 18.7 Å². The summed E-state index contributed by atoms with van der Waals surface area (Å²) in [5.41, 5.74) is 4.46. The zero-order valence-corrected chi connectivity index (χ0v) is 16.8. The third-order valence-corrected chi connectivity index (χ3v) is 4.40. The second kappa shape index (κ2) is 10.2. The highest BCUT2D eigenvalue weighted by Crippen LogP contribution is 2.26. The van der Waals surface area contributed by atoms with Gasteiger partial charge in [0.15, 0.2) is 0 Å². The molecule has 1 rings (SSSR count). The molecule has 3 amide bonds. The average Bonchev–Trinajstić information content (AvgIpc) is 2.57. The van der Waals surface area contributed by atoms with Gasteiger partial charge in [0, 0.05) is 13.1 Å². The van der Waals surface area contributed by atoms with Gasteiger partial charge in [0.25, 0.3) is 0 Å². The van der Waals surface area contributed by atoms with E-state index in [-0.39, 0.29) is 12.5 Å². The van der Waals surface area contributed by atoms with Gasteiger partial charge in [-0.2, -0.15) is 0 Å². The molecule has 0 aromatic carbocycles. The Labute approximate surface area is 164 Å². The summed E-state index contributed by atoms with van der Waals surface area (Å²) in [6, 6.07) is -1.51. The molecule has 0 radical (unpaired) electrons. The zero-order chi connectivity index (χ0) is 21.5. The van der Waals surface area contributed by atoms with Crippen molar-refractivity contribution < 1.29 is 33.0 Å². The van der Waals surface area contributed by atoms with Crippen molar-refractivity contribution in [2.24, 2.45) is 11.7 Å². The number of nitrogens with one attached hydrogen (secondary N) is 1. The molecule has 1 saturated carbocycles. The van der Waals surface area contributed by atoms with Crippen LogP contribution in [0.1, 0.15) is 52.9 Å². The average molecular weight is 403 g/mol. The molecule has 9 nitrogen and oxygen atoms in total. The molecule has 160 valence electrons. The van der Waals surface area contributed by atoms with Crippen LogP contribution in [-0.4, -0.2) is 60.4 Å². The van der Waals surface area contributed by atoms with Gasteiger partial charge >= 0.3 is 12.1 Å². The Balaban J connectivity index is 2.80. The molecule has 0 saturated heterocycles. The Morgan fingerprint density at radius 1 is 1.25 bits per heavy atom. The highest BCUT2D eigenvalue weighted by atomic mass is 19.1. The molecule has 3 atom stereocenters.